The second kappa shape index (κ2) is 3.85. The van der Waals surface area contributed by atoms with Crippen molar-refractivity contribution in [3.63, 3.8) is 0 Å². The first-order chi connectivity index (χ1) is 7.44. The quantitative estimate of drug-likeness (QED) is 0.763. The van der Waals surface area contributed by atoms with Crippen LogP contribution in [0.2, 0.25) is 5.15 Å². The van der Waals surface area contributed by atoms with Crippen LogP contribution < -0.4 is 4.90 Å². The van der Waals surface area contributed by atoms with Gasteiger partial charge in [0.25, 0.3) is 0 Å². The first kappa shape index (κ1) is 11.6. The molecule has 0 saturated carbocycles. The number of anilines is 1. The van der Waals surface area contributed by atoms with Gasteiger partial charge in [-0.25, -0.2) is 0 Å². The Bertz CT molecular complexity index is 419. The van der Waals surface area contributed by atoms with E-state index in [4.69, 9.17) is 11.6 Å². The van der Waals surface area contributed by atoms with Crippen LogP contribution >= 0.6 is 23.3 Å². The predicted octanol–water partition coefficient (Wildman–Crippen LogP) is 1.25. The number of piperazine rings is 1. The first-order valence-corrected chi connectivity index (χ1v) is 6.06. The van der Waals surface area contributed by atoms with E-state index in [9.17, 15) is 4.79 Å². The SMILES string of the molecule is CN1CCN(c2nsnc2Cl)C(C)(C)C1=O. The molecule has 1 aromatic rings. The van der Waals surface area contributed by atoms with Crippen LogP contribution in [0.1, 0.15) is 13.8 Å². The minimum Gasteiger partial charge on any atom is -0.342 e. The molecule has 0 unspecified atom stereocenters. The lowest BCUT2D eigenvalue weighted by atomic mass is 9.98. The Kier molecular flexibility index (Phi) is 2.79. The van der Waals surface area contributed by atoms with Crippen molar-refractivity contribution >= 4 is 35.1 Å². The fraction of sp³-hybridized carbons (Fsp3) is 0.667. The average Bonchev–Trinajstić information content (AvgIpc) is 2.62. The molecule has 0 spiro atoms. The van der Waals surface area contributed by atoms with E-state index in [0.29, 0.717) is 17.5 Å². The summed E-state index contributed by atoms with van der Waals surface area (Å²) in [6.07, 6.45) is 0. The molecule has 16 heavy (non-hydrogen) atoms. The number of likely N-dealkylation sites (N-methyl/N-ethyl adjacent to an activating group) is 1. The fourth-order valence-electron chi connectivity index (χ4n) is 1.92. The number of hydrogen-bond donors (Lipinski definition) is 0. The molecular weight excluding hydrogens is 248 g/mol. The van der Waals surface area contributed by atoms with Crippen molar-refractivity contribution in [3.8, 4) is 0 Å². The maximum atomic E-state index is 12.1. The van der Waals surface area contributed by atoms with Crippen molar-refractivity contribution in [1.82, 2.24) is 13.6 Å². The van der Waals surface area contributed by atoms with E-state index in [1.165, 1.54) is 0 Å². The van der Waals surface area contributed by atoms with Gasteiger partial charge in [0.1, 0.15) is 5.54 Å². The van der Waals surface area contributed by atoms with Gasteiger partial charge in [-0.15, -0.1) is 0 Å². The second-order valence-electron chi connectivity index (χ2n) is 4.32. The predicted molar refractivity (Wildman–Crippen MR) is 64.0 cm³/mol. The van der Waals surface area contributed by atoms with E-state index in [-0.39, 0.29) is 5.91 Å². The highest BCUT2D eigenvalue weighted by Crippen LogP contribution is 2.31. The third-order valence-electron chi connectivity index (χ3n) is 2.89. The van der Waals surface area contributed by atoms with Crippen molar-refractivity contribution in [2.45, 2.75) is 19.4 Å². The fourth-order valence-corrected chi connectivity index (χ4v) is 2.66. The number of aromatic nitrogens is 2. The summed E-state index contributed by atoms with van der Waals surface area (Å²) in [5, 5.41) is 0.371. The third-order valence-corrected chi connectivity index (χ3v) is 3.76. The van der Waals surface area contributed by atoms with E-state index >= 15 is 0 Å². The number of halogens is 1. The minimum absolute atomic E-state index is 0.0721. The molecule has 0 radical (unpaired) electrons. The van der Waals surface area contributed by atoms with Crippen LogP contribution in [-0.2, 0) is 4.79 Å². The number of rotatable bonds is 1. The first-order valence-electron chi connectivity index (χ1n) is 4.96. The number of hydrogen-bond acceptors (Lipinski definition) is 5. The Hall–Kier alpha value is -0.880. The molecule has 2 heterocycles. The summed E-state index contributed by atoms with van der Waals surface area (Å²) in [5.74, 6) is 0.681. The molecule has 1 fully saturated rings. The minimum atomic E-state index is -0.619. The van der Waals surface area contributed by atoms with Crippen molar-refractivity contribution in [1.29, 1.82) is 0 Å². The van der Waals surface area contributed by atoms with E-state index < -0.39 is 5.54 Å². The summed E-state index contributed by atoms with van der Waals surface area (Å²) in [6.45, 7) is 5.15. The highest BCUT2D eigenvalue weighted by atomic mass is 35.5. The van der Waals surface area contributed by atoms with Gasteiger partial charge in [-0.3, -0.25) is 4.79 Å². The second-order valence-corrected chi connectivity index (χ2v) is 5.20. The van der Waals surface area contributed by atoms with Crippen molar-refractivity contribution in [3.05, 3.63) is 5.15 Å². The van der Waals surface area contributed by atoms with Gasteiger partial charge in [0.05, 0.1) is 11.7 Å². The Morgan fingerprint density at radius 1 is 1.38 bits per heavy atom. The zero-order valence-corrected chi connectivity index (χ0v) is 11.0. The van der Waals surface area contributed by atoms with Crippen LogP contribution in [0.4, 0.5) is 5.82 Å². The van der Waals surface area contributed by atoms with Gasteiger partial charge >= 0.3 is 0 Å². The number of carbonyl (C=O) groups excluding carboxylic acids is 1. The maximum absolute atomic E-state index is 12.1. The van der Waals surface area contributed by atoms with Crippen molar-refractivity contribution in [2.24, 2.45) is 0 Å². The zero-order chi connectivity index (χ0) is 11.9. The Morgan fingerprint density at radius 3 is 2.62 bits per heavy atom. The summed E-state index contributed by atoms with van der Waals surface area (Å²) in [6, 6.07) is 0. The van der Waals surface area contributed by atoms with Crippen LogP contribution in [0.3, 0.4) is 0 Å². The van der Waals surface area contributed by atoms with Gasteiger partial charge in [0, 0.05) is 20.1 Å². The Labute approximate surface area is 103 Å². The number of nitrogens with zero attached hydrogens (tertiary/aromatic N) is 4. The van der Waals surface area contributed by atoms with Crippen LogP contribution in [-0.4, -0.2) is 45.2 Å². The van der Waals surface area contributed by atoms with Crippen molar-refractivity contribution < 1.29 is 4.79 Å². The maximum Gasteiger partial charge on any atom is 0.247 e. The topological polar surface area (TPSA) is 49.3 Å². The number of carbonyl (C=O) groups is 1. The molecule has 1 amide bonds. The van der Waals surface area contributed by atoms with Gasteiger partial charge in [-0.2, -0.15) is 8.75 Å². The zero-order valence-electron chi connectivity index (χ0n) is 9.40. The lowest BCUT2D eigenvalue weighted by molar-refractivity contribution is -0.136. The van der Waals surface area contributed by atoms with Crippen LogP contribution in [0.5, 0.6) is 0 Å². The van der Waals surface area contributed by atoms with E-state index in [1.807, 2.05) is 25.8 Å². The van der Waals surface area contributed by atoms with Crippen LogP contribution in [0.15, 0.2) is 0 Å². The normalized spacial score (nSPS) is 20.4. The van der Waals surface area contributed by atoms with Gasteiger partial charge in [0.2, 0.25) is 5.91 Å². The van der Waals surface area contributed by atoms with Gasteiger partial charge in [-0.05, 0) is 13.8 Å². The highest BCUT2D eigenvalue weighted by Gasteiger charge is 2.42. The average molecular weight is 261 g/mol. The van der Waals surface area contributed by atoms with Crippen LogP contribution in [0.25, 0.3) is 0 Å². The molecule has 1 aliphatic rings. The summed E-state index contributed by atoms with van der Waals surface area (Å²) in [5.41, 5.74) is -0.619. The van der Waals surface area contributed by atoms with Crippen molar-refractivity contribution in [2.75, 3.05) is 25.0 Å². The largest absolute Gasteiger partial charge is 0.342 e. The summed E-state index contributed by atoms with van der Waals surface area (Å²) in [4.78, 5) is 15.7. The standard InChI is InChI=1S/C9H13ClN4OS/c1-9(2)8(15)13(3)4-5-14(9)7-6(10)11-16-12-7/h4-5H2,1-3H3. The lowest BCUT2D eigenvalue weighted by Crippen LogP contribution is -2.62. The summed E-state index contributed by atoms with van der Waals surface area (Å²) >= 11 is 7.02. The monoisotopic (exact) mass is 260 g/mol. The van der Waals surface area contributed by atoms with E-state index in [0.717, 1.165) is 18.3 Å². The molecule has 0 bridgehead atoms. The molecule has 0 N–H and O–H groups in total. The molecule has 0 aromatic carbocycles. The Balaban J connectivity index is 2.36. The third kappa shape index (κ3) is 1.66. The molecule has 0 atom stereocenters. The molecule has 0 aliphatic carbocycles. The molecule has 7 heteroatoms. The molecule has 1 aliphatic heterocycles. The van der Waals surface area contributed by atoms with E-state index in [2.05, 4.69) is 8.75 Å². The summed E-state index contributed by atoms with van der Waals surface area (Å²) < 4.78 is 8.08. The van der Waals surface area contributed by atoms with E-state index in [1.54, 1.807) is 4.90 Å². The smallest absolute Gasteiger partial charge is 0.247 e. The molecule has 88 valence electrons. The number of amides is 1. The summed E-state index contributed by atoms with van der Waals surface area (Å²) in [7, 11) is 1.81. The molecule has 5 nitrogen and oxygen atoms in total. The van der Waals surface area contributed by atoms with Gasteiger partial charge in [-0.1, -0.05) is 11.6 Å². The van der Waals surface area contributed by atoms with Gasteiger partial charge < -0.3 is 9.80 Å². The highest BCUT2D eigenvalue weighted by molar-refractivity contribution is 6.99. The lowest BCUT2D eigenvalue weighted by Gasteiger charge is -2.44. The molecule has 2 rings (SSSR count). The van der Waals surface area contributed by atoms with Gasteiger partial charge in [0.15, 0.2) is 11.0 Å². The van der Waals surface area contributed by atoms with Crippen LogP contribution in [0, 0.1) is 0 Å². The molecular formula is C9H13ClN4OS. The molecule has 1 aromatic heterocycles. The molecule has 1 saturated heterocycles. The Morgan fingerprint density at radius 2 is 2.06 bits per heavy atom.